The van der Waals surface area contributed by atoms with Crippen LogP contribution >= 0.6 is 0 Å². The summed E-state index contributed by atoms with van der Waals surface area (Å²) in [5.74, 6) is -0.812. The Hall–Kier alpha value is -3.40. The molecule has 4 nitrogen and oxygen atoms in total. The molecule has 0 aliphatic carbocycles. The first-order valence-corrected chi connectivity index (χ1v) is 9.68. The van der Waals surface area contributed by atoms with E-state index in [-0.39, 0.29) is 5.91 Å². The lowest BCUT2D eigenvalue weighted by Crippen LogP contribution is -2.52. The number of hydrogen-bond donors (Lipinski definition) is 2. The van der Waals surface area contributed by atoms with Crippen molar-refractivity contribution in [1.82, 2.24) is 5.32 Å². The number of benzene rings is 3. The number of amides is 2. The number of carbonyl (C=O) groups excluding carboxylic acids is 2. The molecule has 2 amide bonds. The second-order valence-electron chi connectivity index (χ2n) is 7.48. The van der Waals surface area contributed by atoms with Gasteiger partial charge < -0.3 is 11.1 Å². The third-order valence-corrected chi connectivity index (χ3v) is 5.37. The molecule has 0 heterocycles. The van der Waals surface area contributed by atoms with Gasteiger partial charge in [-0.15, -0.1) is 0 Å². The van der Waals surface area contributed by atoms with Crippen LogP contribution in [-0.4, -0.2) is 17.9 Å². The number of hydrogen-bond acceptors (Lipinski definition) is 2. The van der Waals surface area contributed by atoms with Gasteiger partial charge in [-0.1, -0.05) is 90.5 Å². The molecule has 148 valence electrons. The van der Waals surface area contributed by atoms with E-state index in [0.29, 0.717) is 6.42 Å². The minimum Gasteiger partial charge on any atom is -0.368 e. The lowest BCUT2D eigenvalue weighted by Gasteiger charge is -2.31. The Bertz CT molecular complexity index is 927. The van der Waals surface area contributed by atoms with Crippen molar-refractivity contribution in [3.63, 3.8) is 0 Å². The quantitative estimate of drug-likeness (QED) is 0.652. The highest BCUT2D eigenvalue weighted by molar-refractivity contribution is 5.95. The third kappa shape index (κ3) is 4.54. The molecule has 0 fully saturated rings. The van der Waals surface area contributed by atoms with Crippen LogP contribution < -0.4 is 11.1 Å². The Morgan fingerprint density at radius 3 is 1.79 bits per heavy atom. The first-order valence-electron chi connectivity index (χ1n) is 9.68. The molecule has 0 radical (unpaired) electrons. The standard InChI is InChI=1S/C25H26N2O2/c1-18-13-15-19(16-14-18)17-22(23(26)28)27-24(29)25(2,20-9-5-3-6-10-20)21-11-7-4-8-12-21/h3-16,22H,17H2,1-2H3,(H2,26,28)(H,27,29)/t22-/m1/s1. The number of carbonyl (C=O) groups is 2. The van der Waals surface area contributed by atoms with E-state index >= 15 is 0 Å². The molecule has 3 aromatic carbocycles. The summed E-state index contributed by atoms with van der Waals surface area (Å²) in [6.07, 6.45) is 0.348. The molecule has 3 rings (SSSR count). The van der Waals surface area contributed by atoms with Crippen LogP contribution in [0.2, 0.25) is 0 Å². The molecule has 0 aromatic heterocycles. The minimum atomic E-state index is -0.955. The molecule has 0 spiro atoms. The molecule has 4 heteroatoms. The Labute approximate surface area is 171 Å². The fourth-order valence-electron chi connectivity index (χ4n) is 3.46. The number of nitrogens with two attached hydrogens (primary N) is 1. The summed E-state index contributed by atoms with van der Waals surface area (Å²) in [7, 11) is 0. The van der Waals surface area contributed by atoms with Gasteiger partial charge in [-0.05, 0) is 30.5 Å². The highest BCUT2D eigenvalue weighted by Crippen LogP contribution is 2.32. The Kier molecular flexibility index (Phi) is 6.13. The average molecular weight is 386 g/mol. The number of nitrogens with one attached hydrogen (secondary N) is 1. The number of rotatable bonds is 7. The van der Waals surface area contributed by atoms with E-state index in [1.807, 2.05) is 98.8 Å². The molecule has 3 N–H and O–H groups in total. The SMILES string of the molecule is Cc1ccc(C[C@@H](NC(=O)C(C)(c2ccccc2)c2ccccc2)C(N)=O)cc1. The van der Waals surface area contributed by atoms with Crippen molar-refractivity contribution in [2.24, 2.45) is 5.73 Å². The van der Waals surface area contributed by atoms with Crippen LogP contribution in [0.15, 0.2) is 84.9 Å². The van der Waals surface area contributed by atoms with E-state index in [1.165, 1.54) is 0 Å². The largest absolute Gasteiger partial charge is 0.368 e. The summed E-state index contributed by atoms with van der Waals surface area (Å²) >= 11 is 0. The van der Waals surface area contributed by atoms with E-state index in [1.54, 1.807) is 0 Å². The summed E-state index contributed by atoms with van der Waals surface area (Å²) in [6.45, 7) is 3.87. The molecule has 0 bridgehead atoms. The number of aryl methyl sites for hydroxylation is 1. The average Bonchev–Trinajstić information content (AvgIpc) is 2.75. The summed E-state index contributed by atoms with van der Waals surface area (Å²) in [5, 5.41) is 2.90. The summed E-state index contributed by atoms with van der Waals surface area (Å²) in [4.78, 5) is 25.6. The maximum absolute atomic E-state index is 13.5. The molecule has 3 aromatic rings. The van der Waals surface area contributed by atoms with Crippen LogP contribution in [0.3, 0.4) is 0 Å². The molecule has 0 aliphatic rings. The van der Waals surface area contributed by atoms with E-state index in [9.17, 15) is 9.59 Å². The summed E-state index contributed by atoms with van der Waals surface area (Å²) in [5.41, 5.74) is 8.45. The fraction of sp³-hybridized carbons (Fsp3) is 0.200. The molecule has 0 aliphatic heterocycles. The van der Waals surface area contributed by atoms with Gasteiger partial charge in [0.15, 0.2) is 0 Å². The number of primary amides is 1. The summed E-state index contributed by atoms with van der Waals surface area (Å²) in [6, 6.07) is 26.2. The first-order chi connectivity index (χ1) is 13.9. The molecular weight excluding hydrogens is 360 g/mol. The predicted octanol–water partition coefficient (Wildman–Crippen LogP) is 3.51. The molecule has 0 saturated carbocycles. The second-order valence-corrected chi connectivity index (χ2v) is 7.48. The maximum atomic E-state index is 13.5. The van der Waals surface area contributed by atoms with E-state index in [4.69, 9.17) is 5.73 Å². The zero-order valence-corrected chi connectivity index (χ0v) is 16.8. The van der Waals surface area contributed by atoms with E-state index in [0.717, 1.165) is 22.3 Å². The lowest BCUT2D eigenvalue weighted by molar-refractivity contribution is -0.129. The topological polar surface area (TPSA) is 72.2 Å². The van der Waals surface area contributed by atoms with Crippen molar-refractivity contribution < 1.29 is 9.59 Å². The molecule has 1 atom stereocenters. The van der Waals surface area contributed by atoms with Gasteiger partial charge in [0.2, 0.25) is 11.8 Å². The zero-order valence-electron chi connectivity index (χ0n) is 16.8. The van der Waals surface area contributed by atoms with Gasteiger partial charge in [0.05, 0.1) is 5.41 Å². The first kappa shape index (κ1) is 20.3. The van der Waals surface area contributed by atoms with Crippen LogP contribution in [0.25, 0.3) is 0 Å². The second kappa shape index (κ2) is 8.74. The van der Waals surface area contributed by atoms with Crippen molar-refractivity contribution in [3.05, 3.63) is 107 Å². The van der Waals surface area contributed by atoms with Gasteiger partial charge in [-0.25, -0.2) is 0 Å². The normalized spacial score (nSPS) is 12.2. The van der Waals surface area contributed by atoms with Crippen LogP contribution in [0.1, 0.15) is 29.2 Å². The van der Waals surface area contributed by atoms with Crippen LogP contribution in [0.5, 0.6) is 0 Å². The Balaban J connectivity index is 1.92. The van der Waals surface area contributed by atoms with Gasteiger partial charge in [0, 0.05) is 6.42 Å². The van der Waals surface area contributed by atoms with Crippen LogP contribution in [0, 0.1) is 6.92 Å². The van der Waals surface area contributed by atoms with Crippen LogP contribution in [-0.2, 0) is 21.4 Å². The van der Waals surface area contributed by atoms with Crippen LogP contribution in [0.4, 0.5) is 0 Å². The van der Waals surface area contributed by atoms with Gasteiger partial charge in [0.25, 0.3) is 0 Å². The summed E-state index contributed by atoms with van der Waals surface area (Å²) < 4.78 is 0. The molecule has 29 heavy (non-hydrogen) atoms. The lowest BCUT2D eigenvalue weighted by atomic mass is 9.75. The highest BCUT2D eigenvalue weighted by Gasteiger charge is 2.38. The van der Waals surface area contributed by atoms with Crippen molar-refractivity contribution in [2.45, 2.75) is 31.7 Å². The monoisotopic (exact) mass is 386 g/mol. The smallest absolute Gasteiger partial charge is 0.240 e. The molecule has 0 saturated heterocycles. The van der Waals surface area contributed by atoms with Crippen molar-refractivity contribution in [2.75, 3.05) is 0 Å². The molecular formula is C25H26N2O2. The highest BCUT2D eigenvalue weighted by atomic mass is 16.2. The maximum Gasteiger partial charge on any atom is 0.240 e. The zero-order chi connectivity index (χ0) is 20.9. The van der Waals surface area contributed by atoms with Crippen molar-refractivity contribution in [1.29, 1.82) is 0 Å². The van der Waals surface area contributed by atoms with Crippen molar-refractivity contribution >= 4 is 11.8 Å². The van der Waals surface area contributed by atoms with E-state index < -0.39 is 17.4 Å². The third-order valence-electron chi connectivity index (χ3n) is 5.37. The Morgan fingerprint density at radius 1 is 0.862 bits per heavy atom. The fourth-order valence-corrected chi connectivity index (χ4v) is 3.46. The van der Waals surface area contributed by atoms with Gasteiger partial charge >= 0.3 is 0 Å². The van der Waals surface area contributed by atoms with Gasteiger partial charge in [-0.2, -0.15) is 0 Å². The van der Waals surface area contributed by atoms with Crippen molar-refractivity contribution in [3.8, 4) is 0 Å². The van der Waals surface area contributed by atoms with Gasteiger partial charge in [0.1, 0.15) is 6.04 Å². The Morgan fingerprint density at radius 2 is 1.34 bits per heavy atom. The minimum absolute atomic E-state index is 0.259. The molecule has 0 unspecified atom stereocenters. The van der Waals surface area contributed by atoms with E-state index in [2.05, 4.69) is 5.32 Å². The van der Waals surface area contributed by atoms with Gasteiger partial charge in [-0.3, -0.25) is 9.59 Å². The predicted molar refractivity (Wildman–Crippen MR) is 115 cm³/mol.